The maximum absolute atomic E-state index is 12.6. The van der Waals surface area contributed by atoms with E-state index in [9.17, 15) is 9.59 Å². The molecule has 0 saturated heterocycles. The van der Waals surface area contributed by atoms with Crippen LogP contribution in [0.25, 0.3) is 17.0 Å². The van der Waals surface area contributed by atoms with E-state index < -0.39 is 0 Å². The van der Waals surface area contributed by atoms with Crippen LogP contribution in [0, 0.1) is 0 Å². The molecular weight excluding hydrogens is 304 g/mol. The Labute approximate surface area is 141 Å². The molecule has 0 bridgehead atoms. The first-order chi connectivity index (χ1) is 11.6. The van der Waals surface area contributed by atoms with Gasteiger partial charge in [-0.15, -0.1) is 0 Å². The van der Waals surface area contributed by atoms with Crippen LogP contribution >= 0.6 is 0 Å². The van der Waals surface area contributed by atoms with Crippen LogP contribution in [0.4, 0.5) is 0 Å². The SMILES string of the molecule is CCCCC(=O)N1CC(C)=C(c2coc(-c3ccccc3)n2)C1=O. The molecule has 0 unspecified atom stereocenters. The average Bonchev–Trinajstić information content (AvgIpc) is 3.18. The minimum absolute atomic E-state index is 0.122. The number of carbonyl (C=O) groups excluding carboxylic acids is 2. The standard InChI is InChI=1S/C19H20N2O3/c1-3-4-10-16(22)21-11-13(2)17(19(21)23)15-12-24-18(20-15)14-8-6-5-7-9-14/h5-9,12H,3-4,10-11H2,1-2H3. The monoisotopic (exact) mass is 324 g/mol. The number of hydrogen-bond acceptors (Lipinski definition) is 4. The molecule has 3 rings (SSSR count). The molecule has 124 valence electrons. The third-order valence-electron chi connectivity index (χ3n) is 4.11. The topological polar surface area (TPSA) is 63.4 Å². The van der Waals surface area contributed by atoms with Crippen molar-refractivity contribution in [2.24, 2.45) is 0 Å². The molecule has 1 aromatic carbocycles. The first kappa shape index (κ1) is 16.2. The molecule has 0 fully saturated rings. The van der Waals surface area contributed by atoms with Crippen LogP contribution in [0.2, 0.25) is 0 Å². The number of carbonyl (C=O) groups is 2. The Morgan fingerprint density at radius 2 is 2.04 bits per heavy atom. The van der Waals surface area contributed by atoms with Crippen LogP contribution in [-0.4, -0.2) is 28.2 Å². The van der Waals surface area contributed by atoms with E-state index in [1.807, 2.05) is 44.2 Å². The second-order valence-corrected chi connectivity index (χ2v) is 5.95. The molecule has 0 atom stereocenters. The van der Waals surface area contributed by atoms with E-state index in [-0.39, 0.29) is 11.8 Å². The van der Waals surface area contributed by atoms with Gasteiger partial charge in [-0.1, -0.05) is 31.5 Å². The Balaban J connectivity index is 1.82. The predicted octanol–water partition coefficient (Wildman–Crippen LogP) is 3.67. The summed E-state index contributed by atoms with van der Waals surface area (Å²) >= 11 is 0. The van der Waals surface area contributed by atoms with Crippen molar-refractivity contribution in [2.75, 3.05) is 6.54 Å². The highest BCUT2D eigenvalue weighted by Gasteiger charge is 2.34. The average molecular weight is 324 g/mol. The van der Waals surface area contributed by atoms with E-state index in [4.69, 9.17) is 4.42 Å². The van der Waals surface area contributed by atoms with Crippen molar-refractivity contribution in [1.29, 1.82) is 0 Å². The zero-order valence-electron chi connectivity index (χ0n) is 13.9. The van der Waals surface area contributed by atoms with Crippen LogP contribution < -0.4 is 0 Å². The van der Waals surface area contributed by atoms with Crippen LogP contribution in [0.1, 0.15) is 38.8 Å². The van der Waals surface area contributed by atoms with Gasteiger partial charge in [0.1, 0.15) is 12.0 Å². The third kappa shape index (κ3) is 3.02. The van der Waals surface area contributed by atoms with Crippen molar-refractivity contribution >= 4 is 17.4 Å². The van der Waals surface area contributed by atoms with Crippen LogP contribution in [0.3, 0.4) is 0 Å². The first-order valence-electron chi connectivity index (χ1n) is 8.17. The third-order valence-corrected chi connectivity index (χ3v) is 4.11. The van der Waals surface area contributed by atoms with Crippen molar-refractivity contribution in [1.82, 2.24) is 9.88 Å². The number of nitrogens with zero attached hydrogens (tertiary/aromatic N) is 2. The highest BCUT2D eigenvalue weighted by atomic mass is 16.3. The zero-order valence-corrected chi connectivity index (χ0v) is 13.9. The smallest absolute Gasteiger partial charge is 0.263 e. The summed E-state index contributed by atoms with van der Waals surface area (Å²) in [6.45, 7) is 4.22. The molecule has 1 aliphatic rings. The molecule has 0 aliphatic carbocycles. The summed E-state index contributed by atoms with van der Waals surface area (Å²) in [5.41, 5.74) is 2.66. The van der Waals surface area contributed by atoms with E-state index in [0.717, 1.165) is 24.0 Å². The minimum Gasteiger partial charge on any atom is -0.444 e. The number of amides is 2. The summed E-state index contributed by atoms with van der Waals surface area (Å²) in [4.78, 5) is 30.6. The van der Waals surface area contributed by atoms with Gasteiger partial charge in [0.15, 0.2) is 0 Å². The molecule has 0 saturated carbocycles. The molecule has 1 aromatic heterocycles. The van der Waals surface area contributed by atoms with Gasteiger partial charge in [-0.2, -0.15) is 0 Å². The lowest BCUT2D eigenvalue weighted by molar-refractivity contribution is -0.140. The van der Waals surface area contributed by atoms with Gasteiger partial charge in [-0.05, 0) is 31.1 Å². The molecule has 2 heterocycles. The fourth-order valence-electron chi connectivity index (χ4n) is 2.80. The quantitative estimate of drug-likeness (QED) is 0.842. The predicted molar refractivity (Wildman–Crippen MR) is 90.8 cm³/mol. The van der Waals surface area contributed by atoms with Crippen molar-refractivity contribution in [3.63, 3.8) is 0 Å². The van der Waals surface area contributed by atoms with Crippen LogP contribution in [0.15, 0.2) is 46.6 Å². The summed E-state index contributed by atoms with van der Waals surface area (Å²) in [6.07, 6.45) is 3.60. The summed E-state index contributed by atoms with van der Waals surface area (Å²) < 4.78 is 5.52. The summed E-state index contributed by atoms with van der Waals surface area (Å²) in [5.74, 6) is 0.0685. The number of imide groups is 1. The fourth-order valence-corrected chi connectivity index (χ4v) is 2.80. The molecule has 2 aromatic rings. The van der Waals surface area contributed by atoms with Gasteiger partial charge >= 0.3 is 0 Å². The van der Waals surface area contributed by atoms with E-state index in [0.29, 0.717) is 30.1 Å². The Hall–Kier alpha value is -2.69. The number of oxazole rings is 1. The molecule has 2 amide bonds. The van der Waals surface area contributed by atoms with Gasteiger partial charge in [0.2, 0.25) is 11.8 Å². The first-order valence-corrected chi connectivity index (χ1v) is 8.17. The number of aromatic nitrogens is 1. The molecule has 0 spiro atoms. The number of hydrogen-bond donors (Lipinski definition) is 0. The number of benzene rings is 1. The Kier molecular flexibility index (Phi) is 4.60. The highest BCUT2D eigenvalue weighted by Crippen LogP contribution is 2.30. The van der Waals surface area contributed by atoms with Crippen LogP contribution in [-0.2, 0) is 9.59 Å². The van der Waals surface area contributed by atoms with E-state index in [1.54, 1.807) is 0 Å². The zero-order chi connectivity index (χ0) is 17.1. The fraction of sp³-hybridized carbons (Fsp3) is 0.316. The van der Waals surface area contributed by atoms with E-state index in [1.165, 1.54) is 11.2 Å². The van der Waals surface area contributed by atoms with Crippen molar-refractivity contribution < 1.29 is 14.0 Å². The number of rotatable bonds is 5. The second kappa shape index (κ2) is 6.83. The minimum atomic E-state index is -0.276. The number of unbranched alkanes of at least 4 members (excludes halogenated alkanes) is 1. The van der Waals surface area contributed by atoms with Crippen molar-refractivity contribution in [3.05, 3.63) is 47.9 Å². The second-order valence-electron chi connectivity index (χ2n) is 5.95. The summed E-state index contributed by atoms with van der Waals surface area (Å²) in [5, 5.41) is 0. The van der Waals surface area contributed by atoms with Gasteiger partial charge in [-0.3, -0.25) is 14.5 Å². The van der Waals surface area contributed by atoms with E-state index >= 15 is 0 Å². The maximum atomic E-state index is 12.6. The molecule has 5 nitrogen and oxygen atoms in total. The maximum Gasteiger partial charge on any atom is 0.263 e. The van der Waals surface area contributed by atoms with Crippen LogP contribution in [0.5, 0.6) is 0 Å². The molecular formula is C19H20N2O3. The van der Waals surface area contributed by atoms with Gasteiger partial charge in [0, 0.05) is 12.0 Å². The highest BCUT2D eigenvalue weighted by molar-refractivity contribution is 6.26. The normalized spacial score (nSPS) is 14.6. The molecule has 0 N–H and O–H groups in total. The molecule has 5 heteroatoms. The van der Waals surface area contributed by atoms with Gasteiger partial charge in [0.25, 0.3) is 5.91 Å². The molecule has 1 aliphatic heterocycles. The van der Waals surface area contributed by atoms with Gasteiger partial charge < -0.3 is 4.42 Å². The van der Waals surface area contributed by atoms with Gasteiger partial charge in [0.05, 0.1) is 12.1 Å². The summed E-state index contributed by atoms with van der Waals surface area (Å²) in [7, 11) is 0. The lowest BCUT2D eigenvalue weighted by atomic mass is 10.1. The Morgan fingerprint density at radius 1 is 1.29 bits per heavy atom. The van der Waals surface area contributed by atoms with Gasteiger partial charge in [-0.25, -0.2) is 4.98 Å². The molecule has 24 heavy (non-hydrogen) atoms. The Bertz CT molecular complexity index is 790. The largest absolute Gasteiger partial charge is 0.444 e. The molecule has 0 radical (unpaired) electrons. The lowest BCUT2D eigenvalue weighted by Gasteiger charge is -2.14. The van der Waals surface area contributed by atoms with E-state index in [2.05, 4.69) is 4.98 Å². The van der Waals surface area contributed by atoms with Crippen molar-refractivity contribution in [2.45, 2.75) is 33.1 Å². The van der Waals surface area contributed by atoms with Crippen molar-refractivity contribution in [3.8, 4) is 11.5 Å². The lowest BCUT2D eigenvalue weighted by Crippen LogP contribution is -2.33. The summed E-state index contributed by atoms with van der Waals surface area (Å²) in [6, 6.07) is 9.51. The Morgan fingerprint density at radius 3 is 2.75 bits per heavy atom.